The fourth-order valence-corrected chi connectivity index (χ4v) is 6.45. The SMILES string of the molecule is NCCCCc1ccc(CCNC(=O)C[C@@H]2C(=O)Nc3ccccc3N2S(=O)(=O)c2ccc(Cl)c(Cl)c2)cc1. The number of nitrogens with one attached hydrogen (secondary N) is 2. The van der Waals surface area contributed by atoms with E-state index in [4.69, 9.17) is 28.9 Å². The molecule has 39 heavy (non-hydrogen) atoms. The molecule has 2 amide bonds. The zero-order chi connectivity index (χ0) is 28.0. The van der Waals surface area contributed by atoms with Gasteiger partial charge < -0.3 is 16.4 Å². The van der Waals surface area contributed by atoms with Gasteiger partial charge in [0, 0.05) is 6.54 Å². The normalized spacial score (nSPS) is 15.0. The molecule has 4 N–H and O–H groups in total. The highest BCUT2D eigenvalue weighted by molar-refractivity contribution is 7.93. The standard InChI is InChI=1S/C28H30Cl2N4O4S/c29-22-13-12-21(17-23(22)30)39(37,38)34-25-7-2-1-6-24(25)33-28(36)26(34)18-27(35)32-16-14-20-10-8-19(9-11-20)5-3-4-15-31/h1-2,6-13,17,26H,3-5,14-16,18,31H2,(H,32,35)(H,33,36)/t26-/m1/s1. The van der Waals surface area contributed by atoms with Crippen LogP contribution in [0.25, 0.3) is 0 Å². The molecule has 8 nitrogen and oxygen atoms in total. The van der Waals surface area contributed by atoms with Crippen LogP contribution in [0.15, 0.2) is 71.6 Å². The van der Waals surface area contributed by atoms with Gasteiger partial charge >= 0.3 is 0 Å². The molecule has 0 bridgehead atoms. The van der Waals surface area contributed by atoms with E-state index in [2.05, 4.69) is 22.8 Å². The van der Waals surface area contributed by atoms with E-state index in [1.807, 2.05) is 12.1 Å². The Kier molecular flexibility index (Phi) is 9.50. The molecule has 11 heteroatoms. The summed E-state index contributed by atoms with van der Waals surface area (Å²) in [5.41, 5.74) is 8.44. The van der Waals surface area contributed by atoms with Gasteiger partial charge in [0.2, 0.25) is 11.8 Å². The molecule has 1 atom stereocenters. The Bertz CT molecular complexity index is 1450. The van der Waals surface area contributed by atoms with E-state index >= 15 is 0 Å². The molecule has 0 saturated heterocycles. The number of carbonyl (C=O) groups excluding carboxylic acids is 2. The molecular formula is C28H30Cl2N4O4S. The number of anilines is 2. The third kappa shape index (κ3) is 6.91. The maximum atomic E-state index is 13.8. The highest BCUT2D eigenvalue weighted by atomic mass is 35.5. The highest BCUT2D eigenvalue weighted by Gasteiger charge is 2.42. The lowest BCUT2D eigenvalue weighted by Crippen LogP contribution is -2.52. The number of para-hydroxylation sites is 2. The van der Waals surface area contributed by atoms with Crippen molar-refractivity contribution in [1.82, 2.24) is 5.32 Å². The van der Waals surface area contributed by atoms with Crippen LogP contribution in [0.2, 0.25) is 10.0 Å². The molecule has 1 heterocycles. The van der Waals surface area contributed by atoms with Crippen molar-refractivity contribution in [1.29, 1.82) is 0 Å². The Labute approximate surface area is 238 Å². The lowest BCUT2D eigenvalue weighted by molar-refractivity contribution is -0.125. The first kappa shape index (κ1) is 28.9. The first-order valence-corrected chi connectivity index (χ1v) is 14.8. The summed E-state index contributed by atoms with van der Waals surface area (Å²) >= 11 is 12.1. The van der Waals surface area contributed by atoms with Crippen molar-refractivity contribution < 1.29 is 18.0 Å². The van der Waals surface area contributed by atoms with Crippen LogP contribution in [0.1, 0.15) is 30.4 Å². The predicted octanol–water partition coefficient (Wildman–Crippen LogP) is 4.54. The Morgan fingerprint density at radius 2 is 1.64 bits per heavy atom. The second-order valence-electron chi connectivity index (χ2n) is 9.27. The largest absolute Gasteiger partial charge is 0.356 e. The summed E-state index contributed by atoms with van der Waals surface area (Å²) in [6.07, 6.45) is 3.25. The average Bonchev–Trinajstić information content (AvgIpc) is 2.91. The second kappa shape index (κ2) is 12.8. The number of aryl methyl sites for hydroxylation is 1. The van der Waals surface area contributed by atoms with Crippen LogP contribution in [0.3, 0.4) is 0 Å². The number of hydrogen-bond acceptors (Lipinski definition) is 5. The van der Waals surface area contributed by atoms with Crippen molar-refractivity contribution in [3.05, 3.63) is 87.9 Å². The van der Waals surface area contributed by atoms with Crippen LogP contribution < -0.4 is 20.7 Å². The minimum absolute atomic E-state index is 0.0605. The van der Waals surface area contributed by atoms with Crippen molar-refractivity contribution in [3.8, 4) is 0 Å². The van der Waals surface area contributed by atoms with Crippen molar-refractivity contribution in [2.75, 3.05) is 22.7 Å². The predicted molar refractivity (Wildman–Crippen MR) is 155 cm³/mol. The van der Waals surface area contributed by atoms with Gasteiger partial charge in [-0.2, -0.15) is 0 Å². The molecule has 0 saturated carbocycles. The van der Waals surface area contributed by atoms with Gasteiger partial charge in [0.1, 0.15) is 6.04 Å². The van der Waals surface area contributed by atoms with E-state index in [0.29, 0.717) is 25.2 Å². The lowest BCUT2D eigenvalue weighted by Gasteiger charge is -2.36. The van der Waals surface area contributed by atoms with Crippen LogP contribution in [0.5, 0.6) is 0 Å². The Balaban J connectivity index is 1.47. The fraction of sp³-hybridized carbons (Fsp3) is 0.286. The Morgan fingerprint density at radius 1 is 0.949 bits per heavy atom. The summed E-state index contributed by atoms with van der Waals surface area (Å²) in [5.74, 6) is -1.04. The van der Waals surface area contributed by atoms with Crippen molar-refractivity contribution in [2.24, 2.45) is 5.73 Å². The molecule has 0 unspecified atom stereocenters. The van der Waals surface area contributed by atoms with Crippen LogP contribution in [-0.4, -0.2) is 39.4 Å². The molecule has 0 radical (unpaired) electrons. The summed E-state index contributed by atoms with van der Waals surface area (Å²) in [6, 6.07) is 17.4. The van der Waals surface area contributed by atoms with Crippen molar-refractivity contribution >= 4 is 56.4 Å². The first-order chi connectivity index (χ1) is 18.7. The van der Waals surface area contributed by atoms with Gasteiger partial charge in [-0.25, -0.2) is 8.42 Å². The van der Waals surface area contributed by atoms with Gasteiger partial charge in [-0.15, -0.1) is 0 Å². The number of sulfonamides is 1. The zero-order valence-electron chi connectivity index (χ0n) is 21.2. The molecule has 3 aromatic carbocycles. The molecule has 4 rings (SSSR count). The maximum Gasteiger partial charge on any atom is 0.265 e. The van der Waals surface area contributed by atoms with Crippen LogP contribution in [-0.2, 0) is 32.5 Å². The molecule has 3 aromatic rings. The Morgan fingerprint density at radius 3 is 2.33 bits per heavy atom. The lowest BCUT2D eigenvalue weighted by atomic mass is 10.0. The van der Waals surface area contributed by atoms with Crippen molar-refractivity contribution in [2.45, 2.75) is 43.0 Å². The summed E-state index contributed by atoms with van der Waals surface area (Å²) in [4.78, 5) is 25.8. The topological polar surface area (TPSA) is 122 Å². The van der Waals surface area contributed by atoms with E-state index in [1.165, 1.54) is 23.8 Å². The number of amides is 2. The second-order valence-corrected chi connectivity index (χ2v) is 11.9. The van der Waals surface area contributed by atoms with Gasteiger partial charge in [0.05, 0.1) is 32.7 Å². The quantitative estimate of drug-likeness (QED) is 0.284. The number of carbonyl (C=O) groups is 2. The number of hydrogen-bond donors (Lipinski definition) is 3. The highest BCUT2D eigenvalue weighted by Crippen LogP contribution is 2.38. The van der Waals surface area contributed by atoms with Crippen LogP contribution in [0, 0.1) is 0 Å². The third-order valence-corrected chi connectivity index (χ3v) is 9.05. The molecule has 0 fully saturated rings. The zero-order valence-corrected chi connectivity index (χ0v) is 23.5. The molecule has 0 aromatic heterocycles. The summed E-state index contributed by atoms with van der Waals surface area (Å²) in [5, 5.41) is 5.79. The number of nitrogens with zero attached hydrogens (tertiary/aromatic N) is 1. The van der Waals surface area contributed by atoms with Gasteiger partial charge in [0.15, 0.2) is 0 Å². The van der Waals surface area contributed by atoms with E-state index in [-0.39, 0.29) is 27.0 Å². The minimum atomic E-state index is -4.28. The maximum absolute atomic E-state index is 13.8. The van der Waals surface area contributed by atoms with E-state index in [0.717, 1.165) is 29.1 Å². The number of nitrogens with two attached hydrogens (primary N) is 1. The number of halogens is 2. The van der Waals surface area contributed by atoms with E-state index in [1.54, 1.807) is 24.3 Å². The van der Waals surface area contributed by atoms with E-state index < -0.39 is 27.9 Å². The van der Waals surface area contributed by atoms with Gasteiger partial charge in [-0.3, -0.25) is 13.9 Å². The van der Waals surface area contributed by atoms with Crippen LogP contribution in [0.4, 0.5) is 11.4 Å². The first-order valence-electron chi connectivity index (χ1n) is 12.6. The molecule has 1 aliphatic rings. The van der Waals surface area contributed by atoms with Crippen molar-refractivity contribution in [3.63, 3.8) is 0 Å². The van der Waals surface area contributed by atoms with Gasteiger partial charge in [-0.1, -0.05) is 59.6 Å². The summed E-state index contributed by atoms with van der Waals surface area (Å²) in [7, 11) is -4.28. The number of fused-ring (bicyclic) bond motifs is 1. The summed E-state index contributed by atoms with van der Waals surface area (Å²) < 4.78 is 28.5. The molecule has 1 aliphatic heterocycles. The number of unbranched alkanes of at least 4 members (excludes halogenated alkanes) is 1. The Hall–Kier alpha value is -3.11. The average molecular weight is 590 g/mol. The molecule has 206 valence electrons. The molecule has 0 aliphatic carbocycles. The van der Waals surface area contributed by atoms with E-state index in [9.17, 15) is 18.0 Å². The van der Waals surface area contributed by atoms with Gasteiger partial charge in [0.25, 0.3) is 10.0 Å². The summed E-state index contributed by atoms with van der Waals surface area (Å²) in [6.45, 7) is 1.03. The monoisotopic (exact) mass is 588 g/mol. The molecular weight excluding hydrogens is 559 g/mol. The third-order valence-electron chi connectivity index (χ3n) is 6.49. The minimum Gasteiger partial charge on any atom is -0.356 e. The smallest absolute Gasteiger partial charge is 0.265 e. The molecule has 0 spiro atoms. The van der Waals surface area contributed by atoms with Crippen LogP contribution >= 0.6 is 23.2 Å². The fourth-order valence-electron chi connectivity index (χ4n) is 4.43. The number of benzene rings is 3. The van der Waals surface area contributed by atoms with Gasteiger partial charge in [-0.05, 0) is 73.7 Å². The number of rotatable bonds is 11.